The van der Waals surface area contributed by atoms with Crippen LogP contribution in [0.2, 0.25) is 0 Å². The standard InChI is InChI=1S/C29H38N2O4S/c1-34-23-9-10-26-25(18-23)24(12-14-30-26)27(33)11-8-21-13-16-31(19-22(21)20-32)15-5-17-36-29-7-4-3-6-28(29)35-2/h3-4,6-7,9-10,12,14,18,21-22,27,32-33H,5,8,11,13,15-17,19-20H2,1-2H3/t21-,22-,27-/m1/s1. The number of thioether (sulfide) groups is 1. The number of methoxy groups -OCH3 is 2. The Hall–Kier alpha value is -2.32. The van der Waals surface area contributed by atoms with E-state index >= 15 is 0 Å². The van der Waals surface area contributed by atoms with Gasteiger partial charge in [0, 0.05) is 29.6 Å². The average molecular weight is 511 g/mol. The van der Waals surface area contributed by atoms with E-state index in [-0.39, 0.29) is 12.5 Å². The molecule has 0 unspecified atom stereocenters. The summed E-state index contributed by atoms with van der Waals surface area (Å²) in [6, 6.07) is 15.8. The normalized spacial score (nSPS) is 19.3. The molecule has 3 atom stereocenters. The minimum atomic E-state index is -0.563. The number of nitrogens with zero attached hydrogens (tertiary/aromatic N) is 2. The molecule has 0 bridgehead atoms. The Kier molecular flexibility index (Phi) is 9.87. The number of hydrogen-bond donors (Lipinski definition) is 2. The summed E-state index contributed by atoms with van der Waals surface area (Å²) in [4.78, 5) is 8.10. The SMILES string of the molecule is COc1ccc2nccc([C@H](O)CC[C@@H]3CCN(CCCSc4ccccc4OC)C[C@@H]3CO)c2c1. The Morgan fingerprint density at radius 1 is 1.11 bits per heavy atom. The minimum Gasteiger partial charge on any atom is -0.497 e. The van der Waals surface area contributed by atoms with Crippen molar-refractivity contribution >= 4 is 22.7 Å². The first-order valence-electron chi connectivity index (χ1n) is 12.8. The summed E-state index contributed by atoms with van der Waals surface area (Å²) in [5.74, 6) is 3.41. The van der Waals surface area contributed by atoms with Crippen molar-refractivity contribution in [1.82, 2.24) is 9.88 Å². The third-order valence-electron chi connectivity index (χ3n) is 7.31. The van der Waals surface area contributed by atoms with Crippen molar-refractivity contribution in [2.75, 3.05) is 46.2 Å². The molecule has 0 aliphatic carbocycles. The predicted octanol–water partition coefficient (Wildman–Crippen LogP) is 5.18. The van der Waals surface area contributed by atoms with Gasteiger partial charge < -0.3 is 24.6 Å². The lowest BCUT2D eigenvalue weighted by Gasteiger charge is -2.38. The maximum Gasteiger partial charge on any atom is 0.132 e. The number of piperidine rings is 1. The van der Waals surface area contributed by atoms with Gasteiger partial charge in [0.15, 0.2) is 0 Å². The third-order valence-corrected chi connectivity index (χ3v) is 8.45. The maximum atomic E-state index is 11.0. The van der Waals surface area contributed by atoms with E-state index in [0.29, 0.717) is 12.3 Å². The van der Waals surface area contributed by atoms with E-state index in [2.05, 4.69) is 16.0 Å². The first kappa shape index (κ1) is 26.7. The molecule has 2 aromatic carbocycles. The number of aliphatic hydroxyl groups is 2. The molecule has 6 nitrogen and oxygen atoms in total. The summed E-state index contributed by atoms with van der Waals surface area (Å²) >= 11 is 1.84. The third kappa shape index (κ3) is 6.71. The monoisotopic (exact) mass is 510 g/mol. The fourth-order valence-electron chi connectivity index (χ4n) is 5.25. The van der Waals surface area contributed by atoms with E-state index in [1.54, 1.807) is 20.4 Å². The fraction of sp³-hybridized carbons (Fsp3) is 0.483. The fourth-order valence-corrected chi connectivity index (χ4v) is 6.21. The van der Waals surface area contributed by atoms with Crippen LogP contribution in [0.3, 0.4) is 0 Å². The van der Waals surface area contributed by atoms with Crippen LogP contribution in [-0.2, 0) is 0 Å². The lowest BCUT2D eigenvalue weighted by atomic mass is 9.81. The number of benzene rings is 2. The second-order valence-corrected chi connectivity index (χ2v) is 10.7. The van der Waals surface area contributed by atoms with Gasteiger partial charge in [-0.15, -0.1) is 11.8 Å². The number of aromatic nitrogens is 1. The van der Waals surface area contributed by atoms with Crippen molar-refractivity contribution in [1.29, 1.82) is 0 Å². The van der Waals surface area contributed by atoms with E-state index < -0.39 is 6.10 Å². The molecule has 2 N–H and O–H groups in total. The van der Waals surface area contributed by atoms with Crippen LogP contribution in [0.15, 0.2) is 59.6 Å². The number of rotatable bonds is 12. The first-order chi connectivity index (χ1) is 17.6. The van der Waals surface area contributed by atoms with E-state index in [1.165, 1.54) is 4.90 Å². The zero-order valence-corrected chi connectivity index (χ0v) is 22.1. The molecular weight excluding hydrogens is 472 g/mol. The van der Waals surface area contributed by atoms with Crippen LogP contribution >= 0.6 is 11.8 Å². The Bertz CT molecular complexity index is 1110. The Balaban J connectivity index is 1.26. The van der Waals surface area contributed by atoms with Crippen LogP contribution in [0.25, 0.3) is 10.9 Å². The number of fused-ring (bicyclic) bond motifs is 1. The second kappa shape index (κ2) is 13.3. The molecule has 194 valence electrons. The van der Waals surface area contributed by atoms with Crippen LogP contribution in [0.5, 0.6) is 11.5 Å². The van der Waals surface area contributed by atoms with Crippen molar-refractivity contribution in [2.45, 2.75) is 36.7 Å². The number of para-hydroxylation sites is 1. The molecule has 1 aliphatic rings. The Labute approximate surface area is 218 Å². The molecule has 1 saturated heterocycles. The zero-order chi connectivity index (χ0) is 25.3. The van der Waals surface area contributed by atoms with Crippen LogP contribution in [0, 0.1) is 11.8 Å². The highest BCUT2D eigenvalue weighted by Gasteiger charge is 2.29. The number of hydrogen-bond acceptors (Lipinski definition) is 7. The van der Waals surface area contributed by atoms with Gasteiger partial charge in [-0.05, 0) is 98.3 Å². The van der Waals surface area contributed by atoms with Crippen LogP contribution in [0.4, 0.5) is 0 Å². The van der Waals surface area contributed by atoms with Crippen LogP contribution in [-0.4, -0.2) is 66.3 Å². The Morgan fingerprint density at radius 3 is 2.78 bits per heavy atom. The summed E-state index contributed by atoms with van der Waals surface area (Å²) in [5.41, 5.74) is 1.75. The van der Waals surface area contributed by atoms with Crippen molar-refractivity contribution in [2.24, 2.45) is 11.8 Å². The number of likely N-dealkylation sites (tertiary alicyclic amines) is 1. The van der Waals surface area contributed by atoms with Gasteiger partial charge in [0.05, 0.1) is 25.8 Å². The summed E-state index contributed by atoms with van der Waals surface area (Å²) in [7, 11) is 3.36. The van der Waals surface area contributed by atoms with Gasteiger partial charge in [-0.1, -0.05) is 12.1 Å². The van der Waals surface area contributed by atoms with Crippen molar-refractivity contribution in [3.05, 3.63) is 60.3 Å². The summed E-state index contributed by atoms with van der Waals surface area (Å²) in [6.07, 6.45) is 4.93. The molecule has 4 rings (SSSR count). The van der Waals surface area contributed by atoms with E-state index in [9.17, 15) is 10.2 Å². The largest absolute Gasteiger partial charge is 0.497 e. The maximum absolute atomic E-state index is 11.0. The quantitative estimate of drug-likeness (QED) is 0.257. The van der Waals surface area contributed by atoms with Crippen LogP contribution < -0.4 is 9.47 Å². The predicted molar refractivity (Wildman–Crippen MR) is 146 cm³/mol. The molecular formula is C29H38N2O4S. The molecule has 36 heavy (non-hydrogen) atoms. The molecule has 0 saturated carbocycles. The summed E-state index contributed by atoms with van der Waals surface area (Å²) in [5, 5.41) is 22.1. The minimum absolute atomic E-state index is 0.197. The molecule has 1 fully saturated rings. The smallest absolute Gasteiger partial charge is 0.132 e. The Morgan fingerprint density at radius 2 is 1.97 bits per heavy atom. The van der Waals surface area contributed by atoms with Gasteiger partial charge in [0.25, 0.3) is 0 Å². The molecule has 1 aromatic heterocycles. The topological polar surface area (TPSA) is 75.1 Å². The number of ether oxygens (including phenoxy) is 2. The summed E-state index contributed by atoms with van der Waals surface area (Å²) < 4.78 is 10.8. The van der Waals surface area contributed by atoms with Gasteiger partial charge in [-0.3, -0.25) is 4.98 Å². The highest BCUT2D eigenvalue weighted by Crippen LogP contribution is 2.34. The lowest BCUT2D eigenvalue weighted by Crippen LogP contribution is -2.42. The van der Waals surface area contributed by atoms with E-state index in [0.717, 1.165) is 72.6 Å². The molecule has 0 radical (unpaired) electrons. The first-order valence-corrected chi connectivity index (χ1v) is 13.8. The second-order valence-electron chi connectivity index (χ2n) is 9.52. The van der Waals surface area contributed by atoms with Crippen molar-refractivity contribution < 1.29 is 19.7 Å². The zero-order valence-electron chi connectivity index (χ0n) is 21.3. The molecule has 1 aliphatic heterocycles. The highest BCUT2D eigenvalue weighted by molar-refractivity contribution is 7.99. The molecule has 0 amide bonds. The van der Waals surface area contributed by atoms with Crippen molar-refractivity contribution in [3.8, 4) is 11.5 Å². The van der Waals surface area contributed by atoms with Gasteiger partial charge in [0.1, 0.15) is 11.5 Å². The highest BCUT2D eigenvalue weighted by atomic mass is 32.2. The molecule has 0 spiro atoms. The lowest BCUT2D eigenvalue weighted by molar-refractivity contribution is 0.0581. The van der Waals surface area contributed by atoms with E-state index in [1.807, 2.05) is 54.2 Å². The number of aliphatic hydroxyl groups excluding tert-OH is 2. The molecule has 3 aromatic rings. The number of pyridine rings is 1. The summed E-state index contributed by atoms with van der Waals surface area (Å²) in [6.45, 7) is 3.21. The van der Waals surface area contributed by atoms with Gasteiger partial charge >= 0.3 is 0 Å². The van der Waals surface area contributed by atoms with Crippen LogP contribution in [0.1, 0.15) is 37.4 Å². The molecule has 7 heteroatoms. The molecule has 2 heterocycles. The van der Waals surface area contributed by atoms with Crippen molar-refractivity contribution in [3.63, 3.8) is 0 Å². The van der Waals surface area contributed by atoms with E-state index in [4.69, 9.17) is 9.47 Å². The average Bonchev–Trinajstić information content (AvgIpc) is 2.93. The van der Waals surface area contributed by atoms with Gasteiger partial charge in [-0.2, -0.15) is 0 Å². The van der Waals surface area contributed by atoms with Gasteiger partial charge in [-0.25, -0.2) is 0 Å². The van der Waals surface area contributed by atoms with Gasteiger partial charge in [0.2, 0.25) is 0 Å².